The molecule has 23 heavy (non-hydrogen) atoms. The molecule has 2 aromatic rings. The molecule has 0 unspecified atom stereocenters. The standard InChI is InChI=1S/C19H27N3O/c1-15(2)21-11-12-22(18(21)23)17-8-6-7-16(13-17)19(14-20)9-4-3-5-10-19/h6-8,11-13,15H,3-5,9-10,14,20H2,1-2H3. The second-order valence-corrected chi connectivity index (χ2v) is 7.05. The van der Waals surface area contributed by atoms with E-state index in [2.05, 4.69) is 18.2 Å². The van der Waals surface area contributed by atoms with Gasteiger partial charge in [-0.05, 0) is 44.4 Å². The predicted octanol–water partition coefficient (Wildman–Crippen LogP) is 3.38. The number of imidazole rings is 1. The summed E-state index contributed by atoms with van der Waals surface area (Å²) in [4.78, 5) is 12.5. The maximum Gasteiger partial charge on any atom is 0.332 e. The number of nitrogens with zero attached hydrogens (tertiary/aromatic N) is 2. The summed E-state index contributed by atoms with van der Waals surface area (Å²) in [6.45, 7) is 4.72. The van der Waals surface area contributed by atoms with Gasteiger partial charge in [0.1, 0.15) is 0 Å². The molecule has 0 radical (unpaired) electrons. The summed E-state index contributed by atoms with van der Waals surface area (Å²) in [6, 6.07) is 8.55. The van der Waals surface area contributed by atoms with Gasteiger partial charge in [0.25, 0.3) is 0 Å². The van der Waals surface area contributed by atoms with Crippen molar-refractivity contribution < 1.29 is 0 Å². The van der Waals surface area contributed by atoms with E-state index in [9.17, 15) is 4.79 Å². The summed E-state index contributed by atoms with van der Waals surface area (Å²) in [5.41, 5.74) is 8.47. The molecule has 0 saturated heterocycles. The molecule has 4 heteroatoms. The monoisotopic (exact) mass is 313 g/mol. The quantitative estimate of drug-likeness (QED) is 0.941. The zero-order valence-corrected chi connectivity index (χ0v) is 14.2. The summed E-state index contributed by atoms with van der Waals surface area (Å²) in [5, 5.41) is 0. The average Bonchev–Trinajstić information content (AvgIpc) is 2.97. The molecule has 1 saturated carbocycles. The van der Waals surface area contributed by atoms with E-state index in [1.165, 1.54) is 24.8 Å². The first-order chi connectivity index (χ1) is 11.1. The Hall–Kier alpha value is -1.81. The topological polar surface area (TPSA) is 52.9 Å². The van der Waals surface area contributed by atoms with Crippen molar-refractivity contribution in [2.24, 2.45) is 5.73 Å². The first-order valence-electron chi connectivity index (χ1n) is 8.68. The van der Waals surface area contributed by atoms with E-state index in [1.807, 2.05) is 32.3 Å². The molecule has 1 aliphatic carbocycles. The number of benzene rings is 1. The fraction of sp³-hybridized carbons (Fsp3) is 0.526. The lowest BCUT2D eigenvalue weighted by molar-refractivity contribution is 0.301. The van der Waals surface area contributed by atoms with Crippen molar-refractivity contribution in [3.8, 4) is 5.69 Å². The van der Waals surface area contributed by atoms with Crippen molar-refractivity contribution in [1.29, 1.82) is 0 Å². The highest BCUT2D eigenvalue weighted by molar-refractivity contribution is 5.40. The molecule has 0 spiro atoms. The van der Waals surface area contributed by atoms with Crippen LogP contribution in [-0.2, 0) is 5.41 Å². The Morgan fingerprint density at radius 2 is 1.91 bits per heavy atom. The van der Waals surface area contributed by atoms with Gasteiger partial charge in [-0.25, -0.2) is 4.79 Å². The maximum atomic E-state index is 12.5. The van der Waals surface area contributed by atoms with Crippen LogP contribution in [0.15, 0.2) is 41.5 Å². The molecule has 0 amide bonds. The average molecular weight is 313 g/mol. The van der Waals surface area contributed by atoms with E-state index in [-0.39, 0.29) is 17.1 Å². The van der Waals surface area contributed by atoms with Crippen LogP contribution in [0.4, 0.5) is 0 Å². The minimum absolute atomic E-state index is 0.0163. The van der Waals surface area contributed by atoms with E-state index >= 15 is 0 Å². The minimum atomic E-state index is 0.0163. The molecule has 124 valence electrons. The van der Waals surface area contributed by atoms with Crippen LogP contribution in [0.2, 0.25) is 0 Å². The van der Waals surface area contributed by atoms with Crippen molar-refractivity contribution in [2.45, 2.75) is 57.4 Å². The summed E-state index contributed by atoms with van der Waals surface area (Å²) in [6.07, 6.45) is 9.80. The molecule has 1 aromatic heterocycles. The van der Waals surface area contributed by atoms with Crippen molar-refractivity contribution in [3.05, 3.63) is 52.7 Å². The van der Waals surface area contributed by atoms with E-state index in [1.54, 1.807) is 9.13 Å². The Kier molecular flexibility index (Phi) is 4.44. The second kappa shape index (κ2) is 6.36. The summed E-state index contributed by atoms with van der Waals surface area (Å²) in [5.74, 6) is 0. The molecule has 1 heterocycles. The SMILES string of the molecule is CC(C)n1ccn(-c2cccc(C3(CN)CCCCC3)c2)c1=O. The molecule has 0 aliphatic heterocycles. The number of rotatable bonds is 4. The Bertz CT molecular complexity index is 720. The lowest BCUT2D eigenvalue weighted by Crippen LogP contribution is -2.37. The minimum Gasteiger partial charge on any atom is -0.330 e. The molecule has 1 aliphatic rings. The lowest BCUT2D eigenvalue weighted by atomic mass is 9.69. The van der Waals surface area contributed by atoms with Gasteiger partial charge in [-0.2, -0.15) is 0 Å². The van der Waals surface area contributed by atoms with Gasteiger partial charge >= 0.3 is 5.69 Å². The molecule has 2 N–H and O–H groups in total. The smallest absolute Gasteiger partial charge is 0.330 e. The van der Waals surface area contributed by atoms with E-state index < -0.39 is 0 Å². The highest BCUT2D eigenvalue weighted by atomic mass is 16.1. The normalized spacial score (nSPS) is 17.6. The fourth-order valence-corrected chi connectivity index (χ4v) is 3.80. The summed E-state index contributed by atoms with van der Waals surface area (Å²) >= 11 is 0. The second-order valence-electron chi connectivity index (χ2n) is 7.05. The molecule has 1 fully saturated rings. The molecule has 0 bridgehead atoms. The number of nitrogens with two attached hydrogens (primary N) is 1. The number of hydrogen-bond acceptors (Lipinski definition) is 2. The van der Waals surface area contributed by atoms with Crippen LogP contribution in [0.25, 0.3) is 5.69 Å². The largest absolute Gasteiger partial charge is 0.332 e. The van der Waals surface area contributed by atoms with Crippen LogP contribution in [0.1, 0.15) is 57.6 Å². The number of hydrogen-bond donors (Lipinski definition) is 1. The Morgan fingerprint density at radius 1 is 1.17 bits per heavy atom. The third-order valence-electron chi connectivity index (χ3n) is 5.30. The van der Waals surface area contributed by atoms with Crippen molar-refractivity contribution in [1.82, 2.24) is 9.13 Å². The third-order valence-corrected chi connectivity index (χ3v) is 5.30. The lowest BCUT2D eigenvalue weighted by Gasteiger charge is -2.37. The molecular weight excluding hydrogens is 286 g/mol. The van der Waals surface area contributed by atoms with Gasteiger partial charge in [-0.15, -0.1) is 0 Å². The summed E-state index contributed by atoms with van der Waals surface area (Å²) in [7, 11) is 0. The summed E-state index contributed by atoms with van der Waals surface area (Å²) < 4.78 is 3.49. The van der Waals surface area contributed by atoms with E-state index in [4.69, 9.17) is 5.73 Å². The first-order valence-corrected chi connectivity index (χ1v) is 8.68. The highest BCUT2D eigenvalue weighted by Gasteiger charge is 2.32. The van der Waals surface area contributed by atoms with Crippen LogP contribution < -0.4 is 11.4 Å². The Labute approximate surface area is 137 Å². The van der Waals surface area contributed by atoms with E-state index in [0.29, 0.717) is 6.54 Å². The van der Waals surface area contributed by atoms with Gasteiger partial charge in [0, 0.05) is 30.4 Å². The van der Waals surface area contributed by atoms with Crippen LogP contribution in [0.5, 0.6) is 0 Å². The zero-order valence-electron chi connectivity index (χ0n) is 14.2. The maximum absolute atomic E-state index is 12.5. The predicted molar refractivity (Wildman–Crippen MR) is 94.2 cm³/mol. The Morgan fingerprint density at radius 3 is 2.52 bits per heavy atom. The van der Waals surface area contributed by atoms with Gasteiger partial charge in [-0.1, -0.05) is 31.4 Å². The number of aromatic nitrogens is 2. The van der Waals surface area contributed by atoms with Crippen LogP contribution in [0.3, 0.4) is 0 Å². The van der Waals surface area contributed by atoms with Gasteiger partial charge in [-0.3, -0.25) is 9.13 Å². The van der Waals surface area contributed by atoms with Gasteiger partial charge in [0.2, 0.25) is 0 Å². The fourth-order valence-electron chi connectivity index (χ4n) is 3.80. The molecule has 0 atom stereocenters. The van der Waals surface area contributed by atoms with Crippen molar-refractivity contribution >= 4 is 0 Å². The first kappa shape index (κ1) is 16.1. The van der Waals surface area contributed by atoms with Crippen LogP contribution in [0, 0.1) is 0 Å². The highest BCUT2D eigenvalue weighted by Crippen LogP contribution is 2.39. The molecular formula is C19H27N3O. The molecule has 3 rings (SSSR count). The van der Waals surface area contributed by atoms with Gasteiger partial charge in [0.15, 0.2) is 0 Å². The zero-order chi connectivity index (χ0) is 16.4. The van der Waals surface area contributed by atoms with Crippen molar-refractivity contribution in [3.63, 3.8) is 0 Å². The van der Waals surface area contributed by atoms with E-state index in [0.717, 1.165) is 18.5 Å². The van der Waals surface area contributed by atoms with Crippen molar-refractivity contribution in [2.75, 3.05) is 6.54 Å². The van der Waals surface area contributed by atoms with Crippen LogP contribution >= 0.6 is 0 Å². The van der Waals surface area contributed by atoms with Gasteiger partial charge in [0.05, 0.1) is 5.69 Å². The third kappa shape index (κ3) is 2.88. The Balaban J connectivity index is 2.02. The molecule has 1 aromatic carbocycles. The van der Waals surface area contributed by atoms with Crippen LogP contribution in [-0.4, -0.2) is 15.7 Å². The van der Waals surface area contributed by atoms with Gasteiger partial charge < -0.3 is 5.73 Å². The molecule has 4 nitrogen and oxygen atoms in total.